The van der Waals surface area contributed by atoms with Crippen LogP contribution in [-0.2, 0) is 9.53 Å². The van der Waals surface area contributed by atoms with E-state index in [-0.39, 0.29) is 17.7 Å². The van der Waals surface area contributed by atoms with Crippen LogP contribution in [0.1, 0.15) is 13.8 Å². The Morgan fingerprint density at radius 3 is 2.85 bits per heavy atom. The van der Waals surface area contributed by atoms with Gasteiger partial charge in [0.1, 0.15) is 6.61 Å². The second-order valence-corrected chi connectivity index (χ2v) is 3.27. The first-order valence-electron chi connectivity index (χ1n) is 4.25. The lowest BCUT2D eigenvalue weighted by Gasteiger charge is -1.99. The van der Waals surface area contributed by atoms with E-state index in [9.17, 15) is 9.59 Å². The van der Waals surface area contributed by atoms with E-state index in [1.54, 1.807) is 6.08 Å². The molecule has 1 atom stereocenters. The molecule has 0 bridgehead atoms. The number of cyclic esters (lactones) is 1. The molecule has 0 aromatic rings. The average molecular weight is 183 g/mol. The molecule has 1 amide bonds. The van der Waals surface area contributed by atoms with Gasteiger partial charge in [-0.05, 0) is 6.08 Å². The van der Waals surface area contributed by atoms with Gasteiger partial charge in [0.25, 0.3) is 0 Å². The predicted octanol–water partition coefficient (Wildman–Crippen LogP) is 0.876. The highest BCUT2D eigenvalue weighted by molar-refractivity contribution is 5.91. The van der Waals surface area contributed by atoms with Gasteiger partial charge in [-0.25, -0.2) is 4.79 Å². The van der Waals surface area contributed by atoms with Gasteiger partial charge in [-0.15, -0.1) is 0 Å². The van der Waals surface area contributed by atoms with Gasteiger partial charge in [0.05, 0.1) is 6.04 Å². The largest absolute Gasteiger partial charge is 0.447 e. The Kier molecular flexibility index (Phi) is 3.06. The molecule has 0 spiro atoms. The van der Waals surface area contributed by atoms with E-state index in [0.717, 1.165) is 0 Å². The van der Waals surface area contributed by atoms with Crippen molar-refractivity contribution >= 4 is 11.9 Å². The quantitative estimate of drug-likeness (QED) is 0.661. The number of rotatable bonds is 3. The standard InChI is InChI=1S/C9H13NO3/c1-6(2)8(11)4-3-7-5-13-9(12)10-7/h3-4,6-7H,5H2,1-2H3,(H,10,12)/b4-3-/t7-/m1/s1. The Balaban J connectivity index is 2.40. The van der Waals surface area contributed by atoms with Crippen molar-refractivity contribution in [3.05, 3.63) is 12.2 Å². The van der Waals surface area contributed by atoms with E-state index < -0.39 is 6.09 Å². The molecule has 0 aromatic heterocycles. The van der Waals surface area contributed by atoms with Gasteiger partial charge >= 0.3 is 6.09 Å². The van der Waals surface area contributed by atoms with Crippen molar-refractivity contribution < 1.29 is 14.3 Å². The van der Waals surface area contributed by atoms with Crippen LogP contribution in [0.3, 0.4) is 0 Å². The molecule has 72 valence electrons. The van der Waals surface area contributed by atoms with Gasteiger partial charge in [-0.2, -0.15) is 0 Å². The summed E-state index contributed by atoms with van der Waals surface area (Å²) in [5, 5.41) is 2.55. The molecule has 1 aliphatic rings. The molecule has 0 unspecified atom stereocenters. The van der Waals surface area contributed by atoms with Crippen LogP contribution in [0.15, 0.2) is 12.2 Å². The van der Waals surface area contributed by atoms with Crippen LogP contribution in [0.5, 0.6) is 0 Å². The molecule has 1 rings (SSSR count). The zero-order chi connectivity index (χ0) is 9.84. The number of ether oxygens (including phenoxy) is 1. The maximum atomic E-state index is 11.1. The molecule has 1 fully saturated rings. The first kappa shape index (κ1) is 9.77. The third-order valence-corrected chi connectivity index (χ3v) is 1.76. The zero-order valence-electron chi connectivity index (χ0n) is 7.74. The number of nitrogens with one attached hydrogen (secondary N) is 1. The number of carbonyl (C=O) groups is 2. The van der Waals surface area contributed by atoms with E-state index in [2.05, 4.69) is 10.1 Å². The van der Waals surface area contributed by atoms with E-state index in [1.807, 2.05) is 13.8 Å². The van der Waals surface area contributed by atoms with E-state index in [1.165, 1.54) is 6.08 Å². The molecule has 0 aromatic carbocycles. The highest BCUT2D eigenvalue weighted by Gasteiger charge is 2.19. The third-order valence-electron chi connectivity index (χ3n) is 1.76. The molecule has 4 nitrogen and oxygen atoms in total. The molecule has 13 heavy (non-hydrogen) atoms. The van der Waals surface area contributed by atoms with Crippen molar-refractivity contribution in [2.75, 3.05) is 6.61 Å². The van der Waals surface area contributed by atoms with Crippen molar-refractivity contribution in [1.29, 1.82) is 0 Å². The van der Waals surface area contributed by atoms with Gasteiger partial charge in [0.15, 0.2) is 5.78 Å². The second-order valence-electron chi connectivity index (χ2n) is 3.27. The summed E-state index contributed by atoms with van der Waals surface area (Å²) in [6, 6.07) is -0.157. The monoisotopic (exact) mass is 183 g/mol. The highest BCUT2D eigenvalue weighted by atomic mass is 16.6. The summed E-state index contributed by atoms with van der Waals surface area (Å²) in [5.41, 5.74) is 0. The highest BCUT2D eigenvalue weighted by Crippen LogP contribution is 2.01. The summed E-state index contributed by atoms with van der Waals surface area (Å²) in [4.78, 5) is 21.7. The number of ketones is 1. The Labute approximate surface area is 76.9 Å². The summed E-state index contributed by atoms with van der Waals surface area (Å²) in [6.07, 6.45) is 2.73. The minimum atomic E-state index is -0.424. The summed E-state index contributed by atoms with van der Waals surface area (Å²) >= 11 is 0. The Morgan fingerprint density at radius 2 is 2.38 bits per heavy atom. The van der Waals surface area contributed by atoms with Gasteiger partial charge < -0.3 is 10.1 Å². The topological polar surface area (TPSA) is 55.4 Å². The third kappa shape index (κ3) is 2.89. The molecule has 0 radical (unpaired) electrons. The average Bonchev–Trinajstić information content (AvgIpc) is 2.47. The van der Waals surface area contributed by atoms with Crippen molar-refractivity contribution in [2.24, 2.45) is 5.92 Å². The predicted molar refractivity (Wildman–Crippen MR) is 47.3 cm³/mol. The van der Waals surface area contributed by atoms with Crippen LogP contribution < -0.4 is 5.32 Å². The fraction of sp³-hybridized carbons (Fsp3) is 0.556. The lowest BCUT2D eigenvalue weighted by molar-refractivity contribution is -0.117. The Hall–Kier alpha value is -1.32. The summed E-state index contributed by atoms with van der Waals surface area (Å²) < 4.78 is 4.65. The molecular formula is C9H13NO3. The molecule has 1 heterocycles. The van der Waals surface area contributed by atoms with Gasteiger partial charge in [-0.3, -0.25) is 4.79 Å². The molecule has 0 aliphatic carbocycles. The molecule has 0 saturated carbocycles. The molecule has 4 heteroatoms. The number of alkyl carbamates (subject to hydrolysis) is 1. The Bertz CT molecular complexity index is 245. The smallest absolute Gasteiger partial charge is 0.407 e. The van der Waals surface area contributed by atoms with Crippen molar-refractivity contribution in [3.8, 4) is 0 Å². The first-order chi connectivity index (χ1) is 6.09. The fourth-order valence-corrected chi connectivity index (χ4v) is 0.907. The number of hydrogen-bond acceptors (Lipinski definition) is 3. The number of hydrogen-bond donors (Lipinski definition) is 1. The lowest BCUT2D eigenvalue weighted by Crippen LogP contribution is -2.24. The summed E-state index contributed by atoms with van der Waals surface area (Å²) in [7, 11) is 0. The van der Waals surface area contributed by atoms with Crippen LogP contribution in [0.4, 0.5) is 4.79 Å². The van der Waals surface area contributed by atoms with Crippen LogP contribution in [0.2, 0.25) is 0 Å². The van der Waals surface area contributed by atoms with Crippen molar-refractivity contribution in [1.82, 2.24) is 5.32 Å². The fourth-order valence-electron chi connectivity index (χ4n) is 0.907. The van der Waals surface area contributed by atoms with Gasteiger partial charge in [-0.1, -0.05) is 19.9 Å². The zero-order valence-corrected chi connectivity index (χ0v) is 7.74. The number of amides is 1. The van der Waals surface area contributed by atoms with E-state index in [4.69, 9.17) is 0 Å². The molecule has 1 aliphatic heterocycles. The van der Waals surface area contributed by atoms with Crippen LogP contribution in [0, 0.1) is 5.92 Å². The van der Waals surface area contributed by atoms with E-state index in [0.29, 0.717) is 6.61 Å². The maximum Gasteiger partial charge on any atom is 0.407 e. The molecule has 1 saturated heterocycles. The lowest BCUT2D eigenvalue weighted by atomic mass is 10.1. The van der Waals surface area contributed by atoms with Crippen LogP contribution in [-0.4, -0.2) is 24.5 Å². The van der Waals surface area contributed by atoms with Gasteiger partial charge in [0.2, 0.25) is 0 Å². The first-order valence-corrected chi connectivity index (χ1v) is 4.25. The van der Waals surface area contributed by atoms with Crippen LogP contribution >= 0.6 is 0 Å². The SMILES string of the molecule is CC(C)C(=O)/C=C\[C@@H]1COC(=O)N1. The van der Waals surface area contributed by atoms with Crippen molar-refractivity contribution in [3.63, 3.8) is 0 Å². The summed E-state index contributed by atoms with van der Waals surface area (Å²) in [5.74, 6) is 0.0513. The molecule has 1 N–H and O–H groups in total. The molecular weight excluding hydrogens is 170 g/mol. The maximum absolute atomic E-state index is 11.1. The Morgan fingerprint density at radius 1 is 1.69 bits per heavy atom. The second kappa shape index (κ2) is 4.07. The normalized spacial score (nSPS) is 22.1. The van der Waals surface area contributed by atoms with Crippen molar-refractivity contribution in [2.45, 2.75) is 19.9 Å². The summed E-state index contributed by atoms with van der Waals surface area (Å²) in [6.45, 7) is 3.97. The van der Waals surface area contributed by atoms with E-state index >= 15 is 0 Å². The minimum Gasteiger partial charge on any atom is -0.447 e. The number of carbonyl (C=O) groups excluding carboxylic acids is 2. The van der Waals surface area contributed by atoms with Gasteiger partial charge in [0, 0.05) is 5.92 Å². The number of allylic oxidation sites excluding steroid dienone is 1. The minimum absolute atomic E-state index is 0.00530. The van der Waals surface area contributed by atoms with Crippen LogP contribution in [0.25, 0.3) is 0 Å².